The molecular formula is C55H92O4. The summed E-state index contributed by atoms with van der Waals surface area (Å²) in [6, 6.07) is 10.2. The molecule has 0 amide bonds. The highest BCUT2D eigenvalue weighted by Crippen LogP contribution is 2.53. The molecule has 0 bridgehead atoms. The van der Waals surface area contributed by atoms with Gasteiger partial charge in [0, 0.05) is 40.5 Å². The van der Waals surface area contributed by atoms with Gasteiger partial charge in [0.1, 0.15) is 11.5 Å². The summed E-state index contributed by atoms with van der Waals surface area (Å²) >= 11 is 0. The summed E-state index contributed by atoms with van der Waals surface area (Å²) in [4.78, 5) is 0. The van der Waals surface area contributed by atoms with Crippen LogP contribution in [0.4, 0.5) is 0 Å². The molecular weight excluding hydrogens is 725 g/mol. The average molecular weight is 817 g/mol. The lowest BCUT2D eigenvalue weighted by Crippen LogP contribution is -2.32. The molecule has 2 saturated heterocycles. The topological polar surface area (TPSA) is 43.5 Å². The van der Waals surface area contributed by atoms with Gasteiger partial charge in [0.2, 0.25) is 0 Å². The molecule has 2 atom stereocenters. The molecule has 2 aromatic carbocycles. The highest BCUT2D eigenvalue weighted by molar-refractivity contribution is 5.58. The van der Waals surface area contributed by atoms with Crippen molar-refractivity contribution >= 4 is 0 Å². The van der Waals surface area contributed by atoms with E-state index in [9.17, 15) is 0 Å². The van der Waals surface area contributed by atoms with E-state index in [-0.39, 0.29) is 48.7 Å². The molecule has 2 fully saturated rings. The van der Waals surface area contributed by atoms with Gasteiger partial charge in [-0.25, -0.2) is 0 Å². The highest BCUT2D eigenvalue weighted by Gasteiger charge is 2.42. The Hall–Kier alpha value is -2.04. The Morgan fingerprint density at radius 2 is 0.627 bits per heavy atom. The number of rotatable bonds is 18. The lowest BCUT2D eigenvalue weighted by molar-refractivity contribution is 0.241. The van der Waals surface area contributed by atoms with E-state index in [2.05, 4.69) is 177 Å². The van der Waals surface area contributed by atoms with Crippen molar-refractivity contribution in [2.45, 2.75) is 230 Å². The maximum absolute atomic E-state index is 7.08. The van der Waals surface area contributed by atoms with Crippen LogP contribution < -0.4 is 9.47 Å². The van der Waals surface area contributed by atoms with Crippen molar-refractivity contribution in [2.24, 2.45) is 21.7 Å². The van der Waals surface area contributed by atoms with Gasteiger partial charge in [0.15, 0.2) is 0 Å². The van der Waals surface area contributed by atoms with Crippen LogP contribution in [0.3, 0.4) is 0 Å². The van der Waals surface area contributed by atoms with Crippen LogP contribution in [0.2, 0.25) is 0 Å². The predicted molar refractivity (Wildman–Crippen MR) is 253 cm³/mol. The van der Waals surface area contributed by atoms with Gasteiger partial charge < -0.3 is 18.9 Å². The van der Waals surface area contributed by atoms with E-state index in [1.807, 2.05) is 0 Å². The van der Waals surface area contributed by atoms with Crippen LogP contribution >= 0.6 is 0 Å². The van der Waals surface area contributed by atoms with Crippen molar-refractivity contribution in [2.75, 3.05) is 26.4 Å². The number of ether oxygens (including phenoxy) is 4. The van der Waals surface area contributed by atoms with Crippen molar-refractivity contribution in [3.63, 3.8) is 0 Å². The molecule has 2 heterocycles. The van der Waals surface area contributed by atoms with E-state index < -0.39 is 0 Å². The standard InChI is InChI=1S/C55H92O4/c1-47(2,3)33-51(13,14)41-27-37(28-42(52(15,16)34-48(4,5)6)45(41)56-25-23-39-31-58-39)55(21,22)38-29-43(53(17,18)35-49(7,8)9)46(57-26-24-40-32-59-40)44(30-38)54(19,20)36-50(10,11)12/h27-30,39-40H,23-26,31-36H2,1-22H3. The second-order valence-corrected chi connectivity index (χ2v) is 27.1. The molecule has 2 aliphatic rings. The minimum absolute atomic E-state index is 0.134. The molecule has 0 spiro atoms. The lowest BCUT2D eigenvalue weighted by atomic mass is 9.64. The van der Waals surface area contributed by atoms with Gasteiger partial charge in [0.25, 0.3) is 0 Å². The van der Waals surface area contributed by atoms with E-state index in [1.54, 1.807) is 0 Å². The van der Waals surface area contributed by atoms with Crippen LogP contribution in [0.1, 0.15) is 224 Å². The number of benzene rings is 2. The van der Waals surface area contributed by atoms with E-state index in [4.69, 9.17) is 18.9 Å². The fourth-order valence-corrected chi connectivity index (χ4v) is 11.2. The minimum Gasteiger partial charge on any atom is -0.493 e. The maximum Gasteiger partial charge on any atom is 0.126 e. The summed E-state index contributed by atoms with van der Waals surface area (Å²) in [6.07, 6.45) is 6.67. The highest BCUT2D eigenvalue weighted by atomic mass is 16.6. The van der Waals surface area contributed by atoms with E-state index >= 15 is 0 Å². The van der Waals surface area contributed by atoms with Gasteiger partial charge in [-0.1, -0.05) is 177 Å². The van der Waals surface area contributed by atoms with Crippen LogP contribution in [0, 0.1) is 21.7 Å². The monoisotopic (exact) mass is 817 g/mol. The SMILES string of the molecule is CC(C)(C)CC(C)(C)c1cc(C(C)(C)c2cc(C(C)(C)CC(C)(C)C)c(OCCC3CO3)c(C(C)(C)CC(C)(C)C)c2)cc(C(C)(C)CC(C)(C)C)c1OCCC1CO1. The van der Waals surface area contributed by atoms with Crippen molar-refractivity contribution < 1.29 is 18.9 Å². The molecule has 0 aromatic heterocycles. The molecule has 4 rings (SSSR count). The summed E-state index contributed by atoms with van der Waals surface area (Å²) in [6.45, 7) is 56.0. The molecule has 0 radical (unpaired) electrons. The molecule has 4 nitrogen and oxygen atoms in total. The zero-order chi connectivity index (χ0) is 45.0. The third-order valence-corrected chi connectivity index (χ3v) is 12.6. The third-order valence-electron chi connectivity index (χ3n) is 12.6. The second-order valence-electron chi connectivity index (χ2n) is 27.1. The Kier molecular flexibility index (Phi) is 14.2. The summed E-state index contributed by atoms with van der Waals surface area (Å²) in [7, 11) is 0. The Morgan fingerprint density at radius 3 is 0.814 bits per heavy atom. The van der Waals surface area contributed by atoms with Gasteiger partial charge in [-0.3, -0.25) is 0 Å². The fourth-order valence-electron chi connectivity index (χ4n) is 11.2. The van der Waals surface area contributed by atoms with Gasteiger partial charge in [0.05, 0.1) is 38.6 Å². The van der Waals surface area contributed by atoms with Crippen LogP contribution in [0.5, 0.6) is 11.5 Å². The van der Waals surface area contributed by atoms with Crippen molar-refractivity contribution in [1.29, 1.82) is 0 Å². The van der Waals surface area contributed by atoms with Gasteiger partial charge >= 0.3 is 0 Å². The first-order valence-corrected chi connectivity index (χ1v) is 23.3. The van der Waals surface area contributed by atoms with Gasteiger partial charge in [-0.15, -0.1) is 0 Å². The average Bonchev–Trinajstić information content (AvgIpc) is 3.92. The summed E-state index contributed by atoms with van der Waals surface area (Å²) in [5, 5.41) is 0. The van der Waals surface area contributed by atoms with Gasteiger partial charge in [-0.2, -0.15) is 0 Å². The van der Waals surface area contributed by atoms with Crippen LogP contribution in [0.15, 0.2) is 24.3 Å². The first kappa shape index (κ1) is 49.6. The van der Waals surface area contributed by atoms with E-state index in [0.717, 1.165) is 63.2 Å². The van der Waals surface area contributed by atoms with E-state index in [0.29, 0.717) is 25.4 Å². The van der Waals surface area contributed by atoms with Gasteiger partial charge in [-0.05, 0) is 80.1 Å². The zero-order valence-electron chi connectivity index (χ0n) is 42.7. The van der Waals surface area contributed by atoms with Crippen molar-refractivity contribution in [3.05, 3.63) is 57.6 Å². The summed E-state index contributed by atoms with van der Waals surface area (Å²) < 4.78 is 25.5. The first-order chi connectivity index (χ1) is 26.4. The molecule has 0 saturated carbocycles. The summed E-state index contributed by atoms with van der Waals surface area (Å²) in [5.74, 6) is 2.19. The Morgan fingerprint density at radius 1 is 0.407 bits per heavy atom. The lowest BCUT2D eigenvalue weighted by Gasteiger charge is -2.42. The van der Waals surface area contributed by atoms with Crippen LogP contribution in [-0.4, -0.2) is 38.6 Å². The Balaban J connectivity index is 2.10. The van der Waals surface area contributed by atoms with Crippen LogP contribution in [0.25, 0.3) is 0 Å². The Bertz CT molecular complexity index is 1510. The van der Waals surface area contributed by atoms with Crippen molar-refractivity contribution in [3.8, 4) is 11.5 Å². The van der Waals surface area contributed by atoms with Crippen molar-refractivity contribution in [1.82, 2.24) is 0 Å². The number of hydrogen-bond donors (Lipinski definition) is 0. The molecule has 2 aromatic rings. The normalized spacial score (nSPS) is 18.6. The number of epoxide rings is 2. The molecule has 0 N–H and O–H groups in total. The number of hydrogen-bond acceptors (Lipinski definition) is 4. The predicted octanol–water partition coefficient (Wildman–Crippen LogP) is 15.2. The minimum atomic E-state index is -0.334. The third kappa shape index (κ3) is 14.0. The fraction of sp³-hybridized carbons (Fsp3) is 0.782. The molecule has 336 valence electrons. The molecule has 2 unspecified atom stereocenters. The molecule has 0 aliphatic carbocycles. The maximum atomic E-state index is 7.08. The zero-order valence-corrected chi connectivity index (χ0v) is 42.7. The second kappa shape index (κ2) is 16.9. The quantitative estimate of drug-likeness (QED) is 0.141. The van der Waals surface area contributed by atoms with E-state index in [1.165, 1.54) is 33.4 Å². The molecule has 59 heavy (non-hydrogen) atoms. The summed E-state index contributed by atoms with van der Waals surface area (Å²) in [5.41, 5.74) is 7.69. The Labute approximate surface area is 365 Å². The first-order valence-electron chi connectivity index (χ1n) is 23.3. The largest absolute Gasteiger partial charge is 0.493 e. The van der Waals surface area contributed by atoms with Crippen LogP contribution in [-0.2, 0) is 36.5 Å². The molecule has 4 heteroatoms. The smallest absolute Gasteiger partial charge is 0.126 e. The molecule has 2 aliphatic heterocycles.